The lowest BCUT2D eigenvalue weighted by molar-refractivity contribution is -0.255. The predicted molar refractivity (Wildman–Crippen MR) is 118 cm³/mol. The number of carboxylic acids is 1. The number of aromatic carboxylic acids is 1. The zero-order valence-corrected chi connectivity index (χ0v) is 18.4. The van der Waals surface area contributed by atoms with Crippen LogP contribution in [0.2, 0.25) is 0 Å². The van der Waals surface area contributed by atoms with Crippen molar-refractivity contribution in [3.05, 3.63) is 96.1 Å². The summed E-state index contributed by atoms with van der Waals surface area (Å²) in [5.74, 6) is -1.76. The molecule has 0 heterocycles. The van der Waals surface area contributed by atoms with E-state index in [0.717, 1.165) is 0 Å². The van der Waals surface area contributed by atoms with Gasteiger partial charge in [-0.3, -0.25) is 4.52 Å². The van der Waals surface area contributed by atoms with Gasteiger partial charge < -0.3 is 24.3 Å². The van der Waals surface area contributed by atoms with Gasteiger partial charge in [-0.25, -0.2) is 9.36 Å². The zero-order valence-electron chi connectivity index (χ0n) is 17.5. The Labute approximate surface area is 190 Å². The first-order valence-corrected chi connectivity index (χ1v) is 11.6. The second kappa shape index (κ2) is 11.4. The molecule has 1 N–H and O–H groups in total. The van der Waals surface area contributed by atoms with E-state index in [1.54, 1.807) is 60.7 Å². The Morgan fingerprint density at radius 1 is 0.879 bits per heavy atom. The fourth-order valence-electron chi connectivity index (χ4n) is 2.87. The Morgan fingerprint density at radius 3 is 2.03 bits per heavy atom. The van der Waals surface area contributed by atoms with Crippen LogP contribution in [0.15, 0.2) is 84.9 Å². The van der Waals surface area contributed by atoms with E-state index in [9.17, 15) is 24.4 Å². The Bertz CT molecular complexity index is 1100. The van der Waals surface area contributed by atoms with Crippen LogP contribution in [-0.4, -0.2) is 36.4 Å². The molecule has 3 aromatic carbocycles. The minimum Gasteiger partial charge on any atom is -0.545 e. The normalized spacial score (nSPS) is 13.5. The number of hydrogen-bond acceptors (Lipinski definition) is 8. The maximum atomic E-state index is 13.8. The minimum atomic E-state index is -3.90. The maximum absolute atomic E-state index is 13.8. The third kappa shape index (κ3) is 6.76. The van der Waals surface area contributed by atoms with Crippen LogP contribution in [0.4, 0.5) is 0 Å². The summed E-state index contributed by atoms with van der Waals surface area (Å²) >= 11 is 0. The Morgan fingerprint density at radius 2 is 1.45 bits per heavy atom. The van der Waals surface area contributed by atoms with Gasteiger partial charge in [-0.05, 0) is 42.0 Å². The lowest BCUT2D eigenvalue weighted by Gasteiger charge is -2.25. The highest BCUT2D eigenvalue weighted by Gasteiger charge is 2.33. The van der Waals surface area contributed by atoms with Crippen LogP contribution in [0.3, 0.4) is 0 Å². The molecule has 0 aliphatic rings. The van der Waals surface area contributed by atoms with Crippen molar-refractivity contribution in [2.24, 2.45) is 0 Å². The summed E-state index contributed by atoms with van der Waals surface area (Å²) in [6.45, 7) is -0.612. The van der Waals surface area contributed by atoms with Crippen LogP contribution >= 0.6 is 7.60 Å². The molecule has 0 saturated heterocycles. The number of carboxylic acid groups (broad SMARTS) is 1. The monoisotopic (exact) mass is 469 g/mol. The lowest BCUT2D eigenvalue weighted by atomic mass is 10.1. The third-order valence-electron chi connectivity index (χ3n) is 4.54. The van der Waals surface area contributed by atoms with Gasteiger partial charge >= 0.3 is 13.6 Å². The van der Waals surface area contributed by atoms with Crippen LogP contribution in [-0.2, 0) is 13.8 Å². The van der Waals surface area contributed by atoms with Gasteiger partial charge in [0.05, 0.1) is 16.8 Å². The van der Waals surface area contributed by atoms with E-state index in [0.29, 0.717) is 11.1 Å². The molecule has 0 bridgehead atoms. The molecule has 0 amide bonds. The number of ether oxygens (including phenoxy) is 1. The van der Waals surface area contributed by atoms with Gasteiger partial charge in [0.2, 0.25) is 0 Å². The van der Waals surface area contributed by atoms with E-state index < -0.39 is 25.6 Å². The van der Waals surface area contributed by atoms with E-state index in [2.05, 4.69) is 0 Å². The molecule has 9 heteroatoms. The molecular formula is C24H22O8P-. The molecule has 2 atom stereocenters. The van der Waals surface area contributed by atoms with Gasteiger partial charge in [-0.1, -0.05) is 48.5 Å². The van der Waals surface area contributed by atoms with Crippen LogP contribution in [0, 0.1) is 0 Å². The van der Waals surface area contributed by atoms with Crippen molar-refractivity contribution in [2.75, 3.05) is 13.2 Å². The number of hydrogen-bond donors (Lipinski definition) is 1. The van der Waals surface area contributed by atoms with Gasteiger partial charge in [0.25, 0.3) is 0 Å². The average molecular weight is 469 g/mol. The van der Waals surface area contributed by atoms with Crippen molar-refractivity contribution in [1.82, 2.24) is 0 Å². The van der Waals surface area contributed by atoms with Gasteiger partial charge in [0, 0.05) is 13.0 Å². The van der Waals surface area contributed by atoms with Crippen molar-refractivity contribution < 1.29 is 38.2 Å². The van der Waals surface area contributed by atoms with Crippen LogP contribution in [0.5, 0.6) is 5.75 Å². The van der Waals surface area contributed by atoms with Gasteiger partial charge in [0.1, 0.15) is 18.5 Å². The Hall–Kier alpha value is -3.45. The number of para-hydroxylation sites is 1. The molecule has 3 aromatic rings. The van der Waals surface area contributed by atoms with Crippen LogP contribution in [0.1, 0.15) is 27.1 Å². The van der Waals surface area contributed by atoms with E-state index >= 15 is 0 Å². The number of rotatable bonds is 11. The smallest absolute Gasteiger partial charge is 0.411 e. The fraction of sp³-hybridized carbons (Fsp3) is 0.167. The molecule has 3 rings (SSSR count). The van der Waals surface area contributed by atoms with Crippen molar-refractivity contribution >= 4 is 24.8 Å². The topological polar surface area (TPSA) is 122 Å². The molecule has 0 aliphatic carbocycles. The van der Waals surface area contributed by atoms with Crippen LogP contribution in [0.25, 0.3) is 0 Å². The highest BCUT2D eigenvalue weighted by Crippen LogP contribution is 2.48. The summed E-state index contributed by atoms with van der Waals surface area (Å²) < 4.78 is 30.6. The summed E-state index contributed by atoms with van der Waals surface area (Å²) in [4.78, 5) is 23.2. The quantitative estimate of drug-likeness (QED) is 0.336. The summed E-state index contributed by atoms with van der Waals surface area (Å²) in [5.41, 5.74) is 0.0458. The van der Waals surface area contributed by atoms with Crippen molar-refractivity contribution in [1.29, 1.82) is 0 Å². The molecule has 172 valence electrons. The first-order valence-electron chi connectivity index (χ1n) is 10.1. The molecule has 33 heavy (non-hydrogen) atoms. The van der Waals surface area contributed by atoms with E-state index in [-0.39, 0.29) is 30.8 Å². The van der Waals surface area contributed by atoms with Crippen LogP contribution < -0.4 is 14.9 Å². The number of aliphatic hydroxyl groups is 1. The predicted octanol–water partition coefficient (Wildman–Crippen LogP) is 2.57. The number of carbonyl (C=O) groups excluding carboxylic acids is 2. The summed E-state index contributed by atoms with van der Waals surface area (Å²) in [6.07, 6.45) is -0.900. The summed E-state index contributed by atoms with van der Waals surface area (Å²) in [7, 11) is -3.90. The first-order chi connectivity index (χ1) is 15.9. The number of esters is 1. The molecule has 0 spiro atoms. The van der Waals surface area contributed by atoms with Gasteiger partial charge in [-0.15, -0.1) is 0 Å². The van der Waals surface area contributed by atoms with Crippen molar-refractivity contribution in [3.8, 4) is 5.75 Å². The van der Waals surface area contributed by atoms with E-state index in [4.69, 9.17) is 13.8 Å². The number of benzene rings is 3. The SMILES string of the molecule is O=C([O-])c1ccc(C(=O)OCC(CCO)OP(=O)(Oc2ccccc2)c2ccccc2)cc1. The lowest BCUT2D eigenvalue weighted by Crippen LogP contribution is -2.26. The number of carbonyl (C=O) groups is 2. The highest BCUT2D eigenvalue weighted by molar-refractivity contribution is 7.62. The Kier molecular flexibility index (Phi) is 8.38. The summed E-state index contributed by atoms with van der Waals surface area (Å²) in [6, 6.07) is 21.9. The second-order valence-electron chi connectivity index (χ2n) is 6.94. The molecule has 2 unspecified atom stereocenters. The first kappa shape index (κ1) is 24.2. The molecule has 0 saturated carbocycles. The zero-order chi connectivity index (χ0) is 23.7. The van der Waals surface area contributed by atoms with E-state index in [1.165, 1.54) is 24.3 Å². The van der Waals surface area contributed by atoms with Crippen molar-refractivity contribution in [3.63, 3.8) is 0 Å². The molecule has 0 aromatic heterocycles. The van der Waals surface area contributed by atoms with E-state index in [1.807, 2.05) is 0 Å². The summed E-state index contributed by atoms with van der Waals surface area (Å²) in [5, 5.41) is 20.6. The molecule has 0 aliphatic heterocycles. The second-order valence-corrected chi connectivity index (χ2v) is 8.85. The molecule has 0 fully saturated rings. The Balaban J connectivity index is 1.75. The molecular weight excluding hydrogens is 447 g/mol. The van der Waals surface area contributed by atoms with Gasteiger partial charge in [0.15, 0.2) is 0 Å². The number of aliphatic hydroxyl groups excluding tert-OH is 1. The third-order valence-corrected chi connectivity index (χ3v) is 6.49. The minimum absolute atomic E-state index is 0.0336. The fourth-order valence-corrected chi connectivity index (χ4v) is 4.63. The van der Waals surface area contributed by atoms with Crippen molar-refractivity contribution in [2.45, 2.75) is 12.5 Å². The largest absolute Gasteiger partial charge is 0.545 e. The highest BCUT2D eigenvalue weighted by atomic mass is 31.2. The average Bonchev–Trinajstić information content (AvgIpc) is 2.83. The standard InChI is InChI=1S/C24H23O8P/c25-16-15-21(17-30-24(28)19-13-11-18(12-14-19)23(26)27)32-33(29,22-9-5-2-6-10-22)31-20-7-3-1-4-8-20/h1-14,21,25H,15-17H2,(H,26,27)/p-1. The maximum Gasteiger partial charge on any atom is 0.411 e. The van der Waals surface area contributed by atoms with Gasteiger partial charge in [-0.2, -0.15) is 0 Å². The molecule has 8 nitrogen and oxygen atoms in total. The molecule has 0 radical (unpaired) electrons.